The van der Waals surface area contributed by atoms with Crippen LogP contribution in [0.3, 0.4) is 0 Å². The van der Waals surface area contributed by atoms with Crippen LogP contribution in [0, 0.1) is 44.0 Å². The molecule has 5 aliphatic rings. The van der Waals surface area contributed by atoms with Crippen LogP contribution in [-0.2, 0) is 20.9 Å². The molecule has 0 N–H and O–H groups in total. The van der Waals surface area contributed by atoms with Crippen molar-refractivity contribution in [2.24, 2.45) is 45.6 Å². The second-order valence-corrected chi connectivity index (χ2v) is 15.5. The minimum absolute atomic E-state index is 0.182. The van der Waals surface area contributed by atoms with Crippen molar-refractivity contribution in [3.8, 4) is 0 Å². The van der Waals surface area contributed by atoms with Crippen molar-refractivity contribution in [3.63, 3.8) is 0 Å². The van der Waals surface area contributed by atoms with Gasteiger partial charge >= 0.3 is 0 Å². The second-order valence-electron chi connectivity index (χ2n) is 14.3. The van der Waals surface area contributed by atoms with E-state index >= 15 is 0 Å². The summed E-state index contributed by atoms with van der Waals surface area (Å²) in [6.07, 6.45) is 18.4. The number of halogens is 1. The Kier molecular flexibility index (Phi) is 8.80. The number of rotatable bonds is 7. The van der Waals surface area contributed by atoms with Gasteiger partial charge in [-0.2, -0.15) is 0 Å². The SMILES string of the molecule is CC[C@H]1OC(O[C@H]2CC[C@@]3(C)C(=CCC4C3CC[C@@]3(C)C4CC[C@@H]3/C(C)=N/OCc3ccc(I)cc3)C2)C=C[C@@H]1C. The summed E-state index contributed by atoms with van der Waals surface area (Å²) >= 11 is 2.34. The molecule has 0 amide bonds. The van der Waals surface area contributed by atoms with Crippen LogP contribution in [0.1, 0.15) is 98.0 Å². The van der Waals surface area contributed by atoms with E-state index in [2.05, 4.69) is 105 Å². The standard InChI is InChI=1S/C36H50INO3/c1-6-33-23(2)7-16-34(41-33)40-28-17-19-35(4)26(21-28)10-13-29-31-15-14-30(36(31,5)20-18-32(29)35)24(3)38-39-22-25-8-11-27(37)12-9-25/h7-12,16,23,28-34H,6,13-15,17-22H2,1-5H3/b38-24+/t23-,28-,29?,30+,31?,32?,33+,34?,35-,36+/m0/s1. The molecule has 0 saturated heterocycles. The summed E-state index contributed by atoms with van der Waals surface area (Å²) in [6.45, 7) is 12.4. The van der Waals surface area contributed by atoms with E-state index in [-0.39, 0.29) is 18.5 Å². The topological polar surface area (TPSA) is 40.0 Å². The van der Waals surface area contributed by atoms with Crippen LogP contribution >= 0.6 is 22.6 Å². The maximum atomic E-state index is 6.56. The van der Waals surface area contributed by atoms with E-state index < -0.39 is 0 Å². The molecular formula is C36H50INO3. The first-order valence-corrected chi connectivity index (χ1v) is 17.4. The predicted molar refractivity (Wildman–Crippen MR) is 174 cm³/mol. The van der Waals surface area contributed by atoms with E-state index in [4.69, 9.17) is 14.3 Å². The van der Waals surface area contributed by atoms with E-state index in [1.165, 1.54) is 53.4 Å². The Balaban J connectivity index is 1.10. The Hall–Kier alpha value is -1.18. The fourth-order valence-corrected chi connectivity index (χ4v) is 10.1. The first kappa shape index (κ1) is 29.9. The molecule has 4 unspecified atom stereocenters. The summed E-state index contributed by atoms with van der Waals surface area (Å²) < 4.78 is 14.1. The number of fused-ring (bicyclic) bond motifs is 5. The summed E-state index contributed by atoms with van der Waals surface area (Å²) in [5.41, 5.74) is 4.72. The van der Waals surface area contributed by atoms with Crippen LogP contribution in [0.4, 0.5) is 0 Å². The number of ether oxygens (including phenoxy) is 2. The fourth-order valence-electron chi connectivity index (χ4n) is 9.75. The number of allylic oxidation sites excluding steroid dienone is 1. The summed E-state index contributed by atoms with van der Waals surface area (Å²) in [7, 11) is 0. The first-order chi connectivity index (χ1) is 19.7. The Morgan fingerprint density at radius 2 is 1.85 bits per heavy atom. The average molecular weight is 672 g/mol. The summed E-state index contributed by atoms with van der Waals surface area (Å²) in [6, 6.07) is 8.53. The predicted octanol–water partition coefficient (Wildman–Crippen LogP) is 9.48. The van der Waals surface area contributed by atoms with Crippen molar-refractivity contribution in [1.82, 2.24) is 0 Å². The normalized spacial score (nSPS) is 42.2. The highest BCUT2D eigenvalue weighted by Gasteiger charge is 2.59. The van der Waals surface area contributed by atoms with Crippen molar-refractivity contribution in [2.75, 3.05) is 0 Å². The molecule has 4 aliphatic carbocycles. The Morgan fingerprint density at radius 3 is 2.63 bits per heavy atom. The van der Waals surface area contributed by atoms with Crippen molar-refractivity contribution < 1.29 is 14.3 Å². The highest BCUT2D eigenvalue weighted by Crippen LogP contribution is 2.66. The van der Waals surface area contributed by atoms with Gasteiger partial charge in [0, 0.05) is 15.4 Å². The minimum Gasteiger partial charge on any atom is -0.391 e. The number of benzene rings is 1. The molecule has 10 atom stereocenters. The van der Waals surface area contributed by atoms with Crippen LogP contribution in [-0.4, -0.2) is 24.2 Å². The van der Waals surface area contributed by atoms with Gasteiger partial charge in [-0.25, -0.2) is 0 Å². The quantitative estimate of drug-likeness (QED) is 0.126. The minimum atomic E-state index is -0.182. The number of hydrogen-bond acceptors (Lipinski definition) is 4. The van der Waals surface area contributed by atoms with Crippen LogP contribution < -0.4 is 0 Å². The zero-order chi connectivity index (χ0) is 28.8. The van der Waals surface area contributed by atoms with Crippen molar-refractivity contribution in [3.05, 3.63) is 57.2 Å². The summed E-state index contributed by atoms with van der Waals surface area (Å²) in [4.78, 5) is 5.88. The molecule has 41 heavy (non-hydrogen) atoms. The molecule has 4 nitrogen and oxygen atoms in total. The van der Waals surface area contributed by atoms with E-state index in [0.29, 0.717) is 29.3 Å². The van der Waals surface area contributed by atoms with Gasteiger partial charge in [-0.05, 0) is 140 Å². The lowest BCUT2D eigenvalue weighted by Crippen LogP contribution is -2.51. The highest BCUT2D eigenvalue weighted by molar-refractivity contribution is 14.1. The van der Waals surface area contributed by atoms with Gasteiger partial charge in [0.25, 0.3) is 0 Å². The average Bonchev–Trinajstić information content (AvgIpc) is 3.32. The number of nitrogens with zero attached hydrogens (tertiary/aromatic N) is 1. The van der Waals surface area contributed by atoms with E-state index in [1.807, 2.05) is 0 Å². The van der Waals surface area contributed by atoms with Gasteiger partial charge in [-0.3, -0.25) is 0 Å². The van der Waals surface area contributed by atoms with Gasteiger partial charge in [0.15, 0.2) is 6.29 Å². The molecule has 1 heterocycles. The van der Waals surface area contributed by atoms with Crippen LogP contribution in [0.15, 0.2) is 53.2 Å². The van der Waals surface area contributed by atoms with Gasteiger partial charge < -0.3 is 14.3 Å². The zero-order valence-electron chi connectivity index (χ0n) is 25.8. The lowest BCUT2D eigenvalue weighted by atomic mass is 9.47. The number of oxime groups is 1. The molecular weight excluding hydrogens is 621 g/mol. The molecule has 3 fully saturated rings. The second kappa shape index (κ2) is 12.1. The molecule has 224 valence electrons. The molecule has 3 saturated carbocycles. The molecule has 5 heteroatoms. The van der Waals surface area contributed by atoms with E-state index in [9.17, 15) is 0 Å². The van der Waals surface area contributed by atoms with Gasteiger partial charge in [-0.15, -0.1) is 0 Å². The third-order valence-electron chi connectivity index (χ3n) is 12.1. The highest BCUT2D eigenvalue weighted by atomic mass is 127. The van der Waals surface area contributed by atoms with Crippen LogP contribution in [0.2, 0.25) is 0 Å². The summed E-state index contributed by atoms with van der Waals surface area (Å²) in [5.74, 6) is 3.38. The zero-order valence-corrected chi connectivity index (χ0v) is 27.9. The first-order valence-electron chi connectivity index (χ1n) is 16.3. The lowest BCUT2D eigenvalue weighted by molar-refractivity contribution is -0.188. The molecule has 0 radical (unpaired) electrons. The molecule has 1 aromatic rings. The lowest BCUT2D eigenvalue weighted by Gasteiger charge is -2.58. The maximum absolute atomic E-state index is 6.56. The van der Waals surface area contributed by atoms with Crippen molar-refractivity contribution >= 4 is 28.3 Å². The van der Waals surface area contributed by atoms with E-state index in [1.54, 1.807) is 5.57 Å². The Labute approximate surface area is 261 Å². The third-order valence-corrected chi connectivity index (χ3v) is 12.8. The van der Waals surface area contributed by atoms with Gasteiger partial charge in [-0.1, -0.05) is 62.7 Å². The Morgan fingerprint density at radius 1 is 1.05 bits per heavy atom. The smallest absolute Gasteiger partial charge is 0.177 e. The fraction of sp³-hybridized carbons (Fsp3) is 0.694. The van der Waals surface area contributed by atoms with Crippen molar-refractivity contribution in [1.29, 1.82) is 0 Å². The van der Waals surface area contributed by atoms with E-state index in [0.717, 1.165) is 37.0 Å². The molecule has 6 rings (SSSR count). The molecule has 1 aliphatic heterocycles. The third kappa shape index (κ3) is 5.73. The molecule has 0 spiro atoms. The Bertz CT molecular complexity index is 1180. The molecule has 0 bridgehead atoms. The largest absolute Gasteiger partial charge is 0.391 e. The monoisotopic (exact) mass is 671 g/mol. The summed E-state index contributed by atoms with van der Waals surface area (Å²) in [5, 5.41) is 4.69. The van der Waals surface area contributed by atoms with Gasteiger partial charge in [0.2, 0.25) is 0 Å². The molecule has 1 aromatic carbocycles. The van der Waals surface area contributed by atoms with Crippen molar-refractivity contribution in [2.45, 2.75) is 118 Å². The van der Waals surface area contributed by atoms with Crippen LogP contribution in [0.25, 0.3) is 0 Å². The molecule has 0 aromatic heterocycles. The van der Waals surface area contributed by atoms with Gasteiger partial charge in [0.05, 0.1) is 17.9 Å². The maximum Gasteiger partial charge on any atom is 0.177 e. The number of hydrogen-bond donors (Lipinski definition) is 0. The van der Waals surface area contributed by atoms with Crippen LogP contribution in [0.5, 0.6) is 0 Å². The van der Waals surface area contributed by atoms with Gasteiger partial charge in [0.1, 0.15) is 6.61 Å².